The number of carbonyl (C=O) groups excluding carboxylic acids is 1. The summed E-state index contributed by atoms with van der Waals surface area (Å²) in [6.07, 6.45) is 0.674. The number of hydrogen-bond acceptors (Lipinski definition) is 3. The summed E-state index contributed by atoms with van der Waals surface area (Å²) in [6.45, 7) is 2.02. The molecular formula is C18H19ClO3. The maximum absolute atomic E-state index is 12.3. The Hall–Kier alpha value is -2.00. The van der Waals surface area contributed by atoms with Crippen molar-refractivity contribution in [3.8, 4) is 11.5 Å². The van der Waals surface area contributed by atoms with Crippen LogP contribution in [0.25, 0.3) is 0 Å². The van der Waals surface area contributed by atoms with Gasteiger partial charge in [-0.05, 0) is 18.6 Å². The van der Waals surface area contributed by atoms with Crippen molar-refractivity contribution in [1.29, 1.82) is 0 Å². The van der Waals surface area contributed by atoms with Crippen molar-refractivity contribution in [2.45, 2.75) is 19.8 Å². The van der Waals surface area contributed by atoms with Gasteiger partial charge in [-0.25, -0.2) is 0 Å². The van der Waals surface area contributed by atoms with E-state index >= 15 is 0 Å². The molecule has 0 heterocycles. The van der Waals surface area contributed by atoms with Gasteiger partial charge in [-0.3, -0.25) is 4.79 Å². The van der Waals surface area contributed by atoms with Crippen LogP contribution in [0.3, 0.4) is 0 Å². The van der Waals surface area contributed by atoms with E-state index in [-0.39, 0.29) is 12.2 Å². The minimum Gasteiger partial charge on any atom is -0.496 e. The number of Topliss-reactive ketones (excluding diaryl/α,β-unsaturated/α-hetero) is 1. The third-order valence-corrected chi connectivity index (χ3v) is 3.76. The molecule has 0 spiro atoms. The average Bonchev–Trinajstić information content (AvgIpc) is 2.50. The van der Waals surface area contributed by atoms with Crippen LogP contribution in [0.2, 0.25) is 5.02 Å². The molecule has 0 N–H and O–H groups in total. The molecule has 0 aliphatic heterocycles. The van der Waals surface area contributed by atoms with Crippen LogP contribution < -0.4 is 9.47 Å². The monoisotopic (exact) mass is 318 g/mol. The Bertz CT molecular complexity index is 663. The molecule has 0 unspecified atom stereocenters. The second-order valence-corrected chi connectivity index (χ2v) is 5.58. The molecule has 0 fully saturated rings. The van der Waals surface area contributed by atoms with Crippen molar-refractivity contribution >= 4 is 17.4 Å². The fourth-order valence-corrected chi connectivity index (χ4v) is 2.53. The highest BCUT2D eigenvalue weighted by atomic mass is 35.5. The molecule has 0 radical (unpaired) electrons. The highest BCUT2D eigenvalue weighted by Crippen LogP contribution is 2.33. The van der Waals surface area contributed by atoms with Crippen molar-refractivity contribution in [2.75, 3.05) is 14.2 Å². The van der Waals surface area contributed by atoms with Gasteiger partial charge in [0.2, 0.25) is 0 Å². The van der Waals surface area contributed by atoms with Crippen molar-refractivity contribution in [2.24, 2.45) is 0 Å². The molecule has 2 aromatic rings. The molecule has 0 aliphatic carbocycles. The van der Waals surface area contributed by atoms with Crippen molar-refractivity contribution in [1.82, 2.24) is 0 Å². The van der Waals surface area contributed by atoms with Crippen LogP contribution in [0, 0.1) is 6.92 Å². The zero-order valence-corrected chi connectivity index (χ0v) is 13.7. The average molecular weight is 319 g/mol. The van der Waals surface area contributed by atoms with Crippen molar-refractivity contribution < 1.29 is 14.3 Å². The summed E-state index contributed by atoms with van der Waals surface area (Å²) in [5.41, 5.74) is 2.96. The lowest BCUT2D eigenvalue weighted by atomic mass is 10.0. The van der Waals surface area contributed by atoms with Crippen LogP contribution in [0.5, 0.6) is 11.5 Å². The smallest absolute Gasteiger partial charge is 0.141 e. The third-order valence-electron chi connectivity index (χ3n) is 3.46. The number of methoxy groups -OCH3 is 2. The van der Waals surface area contributed by atoms with E-state index in [4.69, 9.17) is 21.1 Å². The van der Waals surface area contributed by atoms with E-state index in [1.807, 2.05) is 31.2 Å². The molecule has 3 nitrogen and oxygen atoms in total. The summed E-state index contributed by atoms with van der Waals surface area (Å²) in [5, 5.41) is 0.474. The van der Waals surface area contributed by atoms with Crippen LogP contribution in [-0.4, -0.2) is 20.0 Å². The molecular weight excluding hydrogens is 300 g/mol. The van der Waals surface area contributed by atoms with E-state index in [9.17, 15) is 4.79 Å². The van der Waals surface area contributed by atoms with Gasteiger partial charge in [0.1, 0.15) is 17.3 Å². The van der Waals surface area contributed by atoms with Gasteiger partial charge in [0.05, 0.1) is 19.2 Å². The number of benzene rings is 2. The third kappa shape index (κ3) is 4.01. The molecule has 0 aliphatic rings. The lowest BCUT2D eigenvalue weighted by Gasteiger charge is -2.11. The maximum atomic E-state index is 12.3. The number of halogens is 1. The van der Waals surface area contributed by atoms with Gasteiger partial charge < -0.3 is 9.47 Å². The van der Waals surface area contributed by atoms with Crippen LogP contribution in [-0.2, 0) is 17.6 Å². The minimum absolute atomic E-state index is 0.114. The van der Waals surface area contributed by atoms with Gasteiger partial charge in [-0.2, -0.15) is 0 Å². The van der Waals surface area contributed by atoms with E-state index < -0.39 is 0 Å². The summed E-state index contributed by atoms with van der Waals surface area (Å²) in [7, 11) is 3.11. The Morgan fingerprint density at radius 2 is 1.64 bits per heavy atom. The number of hydrogen-bond donors (Lipinski definition) is 0. The fraction of sp³-hybridized carbons (Fsp3) is 0.278. The lowest BCUT2D eigenvalue weighted by molar-refractivity contribution is -0.117. The van der Waals surface area contributed by atoms with E-state index in [0.717, 1.165) is 11.1 Å². The first kappa shape index (κ1) is 16.4. The Labute approximate surface area is 135 Å². The fourth-order valence-electron chi connectivity index (χ4n) is 2.27. The molecule has 0 aromatic heterocycles. The summed E-state index contributed by atoms with van der Waals surface area (Å²) in [6, 6.07) is 11.4. The summed E-state index contributed by atoms with van der Waals surface area (Å²) in [4.78, 5) is 12.3. The zero-order valence-electron chi connectivity index (χ0n) is 13.0. The standard InChI is InChI=1S/C18H19ClO3/c1-12-4-6-13(7-5-12)8-15(20)9-14-10-16(19)18(22-3)11-17(14)21-2/h4-7,10-11H,8-9H2,1-3H3. The largest absolute Gasteiger partial charge is 0.496 e. The van der Waals surface area contributed by atoms with Gasteiger partial charge in [-0.1, -0.05) is 41.4 Å². The SMILES string of the molecule is COc1cc(OC)c(CC(=O)Cc2ccc(C)cc2)cc1Cl. The summed E-state index contributed by atoms with van der Waals surface area (Å²) >= 11 is 6.13. The second-order valence-electron chi connectivity index (χ2n) is 5.18. The van der Waals surface area contributed by atoms with Crippen molar-refractivity contribution in [3.05, 3.63) is 58.1 Å². The number of aryl methyl sites for hydroxylation is 1. The van der Waals surface area contributed by atoms with Gasteiger partial charge in [-0.15, -0.1) is 0 Å². The van der Waals surface area contributed by atoms with E-state index in [1.165, 1.54) is 5.56 Å². The molecule has 0 atom stereocenters. The number of carbonyl (C=O) groups is 1. The van der Waals surface area contributed by atoms with Crippen LogP contribution in [0.15, 0.2) is 36.4 Å². The molecule has 0 bridgehead atoms. The van der Waals surface area contributed by atoms with E-state index in [2.05, 4.69) is 0 Å². The quantitative estimate of drug-likeness (QED) is 0.807. The van der Waals surface area contributed by atoms with Crippen LogP contribution in [0.4, 0.5) is 0 Å². The van der Waals surface area contributed by atoms with E-state index in [1.54, 1.807) is 26.4 Å². The topological polar surface area (TPSA) is 35.5 Å². The molecule has 4 heteroatoms. The van der Waals surface area contributed by atoms with Gasteiger partial charge in [0, 0.05) is 24.5 Å². The molecule has 0 saturated carbocycles. The van der Waals surface area contributed by atoms with Gasteiger partial charge in [0.25, 0.3) is 0 Å². The first-order chi connectivity index (χ1) is 10.5. The molecule has 2 rings (SSSR count). The zero-order chi connectivity index (χ0) is 16.1. The van der Waals surface area contributed by atoms with Crippen LogP contribution in [0.1, 0.15) is 16.7 Å². The summed E-state index contributed by atoms with van der Waals surface area (Å²) in [5.74, 6) is 1.26. The molecule has 116 valence electrons. The highest BCUT2D eigenvalue weighted by Gasteiger charge is 2.13. The number of rotatable bonds is 6. The van der Waals surface area contributed by atoms with Gasteiger partial charge in [0.15, 0.2) is 0 Å². The molecule has 0 saturated heterocycles. The molecule has 2 aromatic carbocycles. The second kappa shape index (κ2) is 7.32. The first-order valence-corrected chi connectivity index (χ1v) is 7.39. The number of ketones is 1. The predicted octanol–water partition coefficient (Wildman–Crippen LogP) is 4.02. The molecule has 22 heavy (non-hydrogen) atoms. The Kier molecular flexibility index (Phi) is 5.45. The summed E-state index contributed by atoms with van der Waals surface area (Å²) < 4.78 is 10.5. The Balaban J connectivity index is 2.14. The van der Waals surface area contributed by atoms with Gasteiger partial charge >= 0.3 is 0 Å². The van der Waals surface area contributed by atoms with E-state index in [0.29, 0.717) is 22.9 Å². The predicted molar refractivity (Wildman–Crippen MR) is 88.2 cm³/mol. The first-order valence-electron chi connectivity index (χ1n) is 7.01. The molecule has 0 amide bonds. The van der Waals surface area contributed by atoms with Crippen molar-refractivity contribution in [3.63, 3.8) is 0 Å². The Morgan fingerprint density at radius 1 is 1.00 bits per heavy atom. The highest BCUT2D eigenvalue weighted by molar-refractivity contribution is 6.32. The van der Waals surface area contributed by atoms with Crippen LogP contribution >= 0.6 is 11.6 Å². The lowest BCUT2D eigenvalue weighted by Crippen LogP contribution is -2.08. The Morgan fingerprint density at radius 3 is 2.23 bits per heavy atom. The minimum atomic E-state index is 0.114. The normalized spacial score (nSPS) is 10.4. The number of ether oxygens (including phenoxy) is 2. The maximum Gasteiger partial charge on any atom is 0.141 e.